The quantitative estimate of drug-likeness (QED) is 0.502. The van der Waals surface area contributed by atoms with Crippen LogP contribution in [0.15, 0.2) is 24.3 Å². The van der Waals surface area contributed by atoms with Crippen LogP contribution >= 0.6 is 0 Å². The van der Waals surface area contributed by atoms with E-state index in [9.17, 15) is 19.5 Å². The predicted molar refractivity (Wildman–Crippen MR) is 113 cm³/mol. The van der Waals surface area contributed by atoms with Gasteiger partial charge in [0.2, 0.25) is 5.91 Å². The van der Waals surface area contributed by atoms with Crippen LogP contribution in [-0.2, 0) is 9.59 Å². The third kappa shape index (κ3) is 4.93. The highest BCUT2D eigenvalue weighted by atomic mass is 16.5. The number of methoxy groups -OCH3 is 1. The number of ether oxygens (including phenoxy) is 1. The molecule has 8 nitrogen and oxygen atoms in total. The molecule has 0 radical (unpaired) electrons. The van der Waals surface area contributed by atoms with E-state index < -0.39 is 24.0 Å². The van der Waals surface area contributed by atoms with Crippen LogP contribution in [0, 0.1) is 5.92 Å². The number of amides is 2. The van der Waals surface area contributed by atoms with Crippen LogP contribution in [0.5, 0.6) is 5.75 Å². The zero-order valence-corrected chi connectivity index (χ0v) is 17.4. The number of aromatic amines is 1. The molecule has 1 aliphatic carbocycles. The van der Waals surface area contributed by atoms with Crippen LogP contribution in [0.2, 0.25) is 0 Å². The first-order valence-electron chi connectivity index (χ1n) is 10.4. The summed E-state index contributed by atoms with van der Waals surface area (Å²) < 4.78 is 5.21. The molecule has 8 heteroatoms. The second-order valence-electron chi connectivity index (χ2n) is 7.80. The molecule has 1 saturated carbocycles. The molecular weight excluding hydrogens is 386 g/mol. The summed E-state index contributed by atoms with van der Waals surface area (Å²) in [4.78, 5) is 40.1. The molecule has 30 heavy (non-hydrogen) atoms. The van der Waals surface area contributed by atoms with Gasteiger partial charge in [0.25, 0.3) is 5.91 Å². The molecule has 0 unspecified atom stereocenters. The second-order valence-corrected chi connectivity index (χ2v) is 7.80. The second kappa shape index (κ2) is 9.65. The molecule has 1 heterocycles. The van der Waals surface area contributed by atoms with E-state index in [0.29, 0.717) is 30.7 Å². The van der Waals surface area contributed by atoms with Gasteiger partial charge in [0.15, 0.2) is 0 Å². The summed E-state index contributed by atoms with van der Waals surface area (Å²) in [6, 6.07) is 6.08. The fraction of sp³-hybridized carbons (Fsp3) is 0.500. The number of aromatic nitrogens is 1. The Kier molecular flexibility index (Phi) is 6.97. The highest BCUT2D eigenvalue weighted by Crippen LogP contribution is 2.26. The van der Waals surface area contributed by atoms with Gasteiger partial charge in [-0.1, -0.05) is 26.2 Å². The monoisotopic (exact) mass is 415 g/mol. The van der Waals surface area contributed by atoms with E-state index in [2.05, 4.69) is 15.6 Å². The molecule has 3 atom stereocenters. The average molecular weight is 415 g/mol. The number of carboxylic acid groups (broad SMARTS) is 1. The Labute approximate surface area is 175 Å². The number of nitrogens with one attached hydrogen (secondary N) is 3. The number of carbonyl (C=O) groups excluding carboxylic acids is 2. The van der Waals surface area contributed by atoms with Gasteiger partial charge < -0.3 is 25.5 Å². The number of benzene rings is 1. The molecule has 1 aromatic heterocycles. The molecule has 4 N–H and O–H groups in total. The van der Waals surface area contributed by atoms with Gasteiger partial charge in [-0.25, -0.2) is 0 Å². The van der Waals surface area contributed by atoms with Crippen molar-refractivity contribution in [3.8, 4) is 5.75 Å². The minimum atomic E-state index is -0.888. The Morgan fingerprint density at radius 3 is 2.77 bits per heavy atom. The average Bonchev–Trinajstić information content (AvgIpc) is 3.36. The molecule has 0 saturated heterocycles. The van der Waals surface area contributed by atoms with Crippen molar-refractivity contribution in [2.45, 2.75) is 57.5 Å². The zero-order valence-electron chi connectivity index (χ0n) is 17.4. The topological polar surface area (TPSA) is 121 Å². The fourth-order valence-corrected chi connectivity index (χ4v) is 3.98. The van der Waals surface area contributed by atoms with E-state index in [1.807, 2.05) is 19.1 Å². The van der Waals surface area contributed by atoms with E-state index >= 15 is 0 Å². The van der Waals surface area contributed by atoms with Crippen molar-refractivity contribution in [1.82, 2.24) is 15.6 Å². The molecule has 3 rings (SSSR count). The SMILES string of the molecule is CCCC[C@H](NC(=O)c1cc2cc(OC)ccc2[nH]1)C(=O)N[C@H]1CCC[C@H]1C(=O)O. The fourth-order valence-electron chi connectivity index (χ4n) is 3.98. The number of aliphatic carboxylic acids is 1. The highest BCUT2D eigenvalue weighted by molar-refractivity contribution is 6.00. The van der Waals surface area contributed by atoms with Crippen molar-refractivity contribution in [2.24, 2.45) is 5.92 Å². The Bertz CT molecular complexity index is 923. The minimum absolute atomic E-state index is 0.326. The number of unbranched alkanes of at least 4 members (excludes halogenated alkanes) is 1. The van der Waals surface area contributed by atoms with E-state index in [1.54, 1.807) is 19.2 Å². The number of carbonyl (C=O) groups is 3. The number of H-pyrrole nitrogens is 1. The first-order chi connectivity index (χ1) is 14.4. The number of carboxylic acids is 1. The summed E-state index contributed by atoms with van der Waals surface area (Å²) in [5.41, 5.74) is 1.16. The summed E-state index contributed by atoms with van der Waals surface area (Å²) >= 11 is 0. The highest BCUT2D eigenvalue weighted by Gasteiger charge is 2.35. The zero-order chi connectivity index (χ0) is 21.7. The van der Waals surface area contributed by atoms with Crippen molar-refractivity contribution in [1.29, 1.82) is 0 Å². The van der Waals surface area contributed by atoms with E-state index in [0.717, 1.165) is 30.2 Å². The summed E-state index contributed by atoms with van der Waals surface area (Å²) in [6.07, 6.45) is 4.12. The van der Waals surface area contributed by atoms with Gasteiger partial charge in [-0.05, 0) is 43.5 Å². The van der Waals surface area contributed by atoms with Crippen molar-refractivity contribution >= 4 is 28.7 Å². The van der Waals surface area contributed by atoms with Crippen molar-refractivity contribution < 1.29 is 24.2 Å². The largest absolute Gasteiger partial charge is 0.497 e. The van der Waals surface area contributed by atoms with Gasteiger partial charge >= 0.3 is 5.97 Å². The Balaban J connectivity index is 1.71. The Morgan fingerprint density at radius 2 is 2.07 bits per heavy atom. The first-order valence-corrected chi connectivity index (χ1v) is 10.4. The van der Waals surface area contributed by atoms with E-state index in [4.69, 9.17) is 4.74 Å². The molecule has 0 bridgehead atoms. The Morgan fingerprint density at radius 1 is 1.27 bits per heavy atom. The van der Waals surface area contributed by atoms with Gasteiger partial charge in [-0.15, -0.1) is 0 Å². The van der Waals surface area contributed by atoms with Crippen LogP contribution < -0.4 is 15.4 Å². The number of fused-ring (bicyclic) bond motifs is 1. The van der Waals surface area contributed by atoms with Crippen LogP contribution in [0.25, 0.3) is 10.9 Å². The molecule has 1 aromatic carbocycles. The molecule has 1 aliphatic rings. The number of hydrogen-bond acceptors (Lipinski definition) is 4. The van der Waals surface area contributed by atoms with Gasteiger partial charge in [0.1, 0.15) is 17.5 Å². The van der Waals surface area contributed by atoms with Gasteiger partial charge in [0, 0.05) is 16.9 Å². The van der Waals surface area contributed by atoms with Gasteiger partial charge in [-0.2, -0.15) is 0 Å². The molecule has 2 amide bonds. The van der Waals surface area contributed by atoms with E-state index in [1.165, 1.54) is 0 Å². The lowest BCUT2D eigenvalue weighted by Gasteiger charge is -2.23. The van der Waals surface area contributed by atoms with E-state index in [-0.39, 0.29) is 11.8 Å². The van der Waals surface area contributed by atoms with Crippen LogP contribution in [0.4, 0.5) is 0 Å². The summed E-state index contributed by atoms with van der Waals surface area (Å²) in [7, 11) is 1.58. The molecule has 0 aliphatic heterocycles. The number of hydrogen-bond donors (Lipinski definition) is 4. The minimum Gasteiger partial charge on any atom is -0.497 e. The van der Waals surface area contributed by atoms with Crippen LogP contribution in [0.1, 0.15) is 55.9 Å². The third-order valence-corrected chi connectivity index (χ3v) is 5.70. The lowest BCUT2D eigenvalue weighted by molar-refractivity contribution is -0.142. The molecule has 0 spiro atoms. The summed E-state index contributed by atoms with van der Waals surface area (Å²) in [5.74, 6) is -1.46. The maximum Gasteiger partial charge on any atom is 0.308 e. The van der Waals surface area contributed by atoms with Gasteiger partial charge in [0.05, 0.1) is 13.0 Å². The van der Waals surface area contributed by atoms with Crippen LogP contribution in [0.3, 0.4) is 0 Å². The predicted octanol–water partition coefficient (Wildman–Crippen LogP) is 2.83. The smallest absolute Gasteiger partial charge is 0.308 e. The standard InChI is InChI=1S/C22H29N3O5/c1-3-4-7-18(20(26)24-17-8-5-6-15(17)22(28)29)25-21(27)19-12-13-11-14(30-2)9-10-16(13)23-19/h9-12,15,17-18,23H,3-8H2,1-2H3,(H,24,26)(H,25,27)(H,28,29)/t15-,17+,18+/m1/s1. The molecule has 162 valence electrons. The lowest BCUT2D eigenvalue weighted by atomic mass is 10.0. The van der Waals surface area contributed by atoms with Crippen molar-refractivity contribution in [2.75, 3.05) is 7.11 Å². The lowest BCUT2D eigenvalue weighted by Crippen LogP contribution is -2.51. The summed E-state index contributed by atoms with van der Waals surface area (Å²) in [6.45, 7) is 2.01. The number of rotatable bonds is 9. The van der Waals surface area contributed by atoms with Crippen LogP contribution in [-0.4, -0.2) is 47.1 Å². The van der Waals surface area contributed by atoms with Gasteiger partial charge in [-0.3, -0.25) is 14.4 Å². The van der Waals surface area contributed by atoms with Crippen molar-refractivity contribution in [3.05, 3.63) is 30.0 Å². The maximum atomic E-state index is 12.9. The summed E-state index contributed by atoms with van der Waals surface area (Å²) in [5, 5.41) is 15.9. The molecular formula is C22H29N3O5. The molecule has 1 fully saturated rings. The maximum absolute atomic E-state index is 12.9. The normalized spacial score (nSPS) is 19.4. The van der Waals surface area contributed by atoms with Crippen molar-refractivity contribution in [3.63, 3.8) is 0 Å². The molecule has 2 aromatic rings. The first kappa shape index (κ1) is 21.7. The Hall–Kier alpha value is -3.03. The third-order valence-electron chi connectivity index (χ3n) is 5.70.